The highest BCUT2D eigenvalue weighted by Crippen LogP contribution is 2.30. The molecule has 1 atom stereocenters. The van der Waals surface area contributed by atoms with Crippen LogP contribution in [0.3, 0.4) is 0 Å². The molecule has 2 rings (SSSR count). The van der Waals surface area contributed by atoms with Crippen LogP contribution in [-0.2, 0) is 16.6 Å². The molecule has 0 aliphatic carbocycles. The minimum Gasteiger partial charge on any atom is -0.475 e. The average molecular weight is 227 g/mol. The van der Waals surface area contributed by atoms with Crippen LogP contribution in [0.2, 0.25) is 0 Å². The summed E-state index contributed by atoms with van der Waals surface area (Å²) >= 11 is 0. The van der Waals surface area contributed by atoms with Gasteiger partial charge in [0.1, 0.15) is 11.8 Å². The molecule has 1 aromatic rings. The monoisotopic (exact) mass is 227 g/mol. The number of fused-ring (bicyclic) bond motifs is 1. The molecular weight excluding hydrogens is 221 g/mol. The Morgan fingerprint density at radius 3 is 2.87 bits per heavy atom. The van der Waals surface area contributed by atoms with E-state index in [-0.39, 0.29) is 6.42 Å². The summed E-state index contributed by atoms with van der Waals surface area (Å²) in [7, 11) is -4.69. The summed E-state index contributed by atoms with van der Waals surface area (Å²) < 4.78 is 39.0. The van der Waals surface area contributed by atoms with Crippen molar-refractivity contribution in [2.45, 2.75) is 17.4 Å². The Morgan fingerprint density at radius 1 is 1.53 bits per heavy atom. The maximum atomic E-state index is 12.6. The van der Waals surface area contributed by atoms with E-state index in [0.29, 0.717) is 11.3 Å². The van der Waals surface area contributed by atoms with Crippen molar-refractivity contribution in [3.63, 3.8) is 0 Å². The van der Waals surface area contributed by atoms with Crippen molar-refractivity contribution in [1.29, 1.82) is 5.26 Å². The van der Waals surface area contributed by atoms with Crippen LogP contribution in [0, 0.1) is 11.3 Å². The highest BCUT2D eigenvalue weighted by molar-refractivity contribution is 7.86. The first-order valence-corrected chi connectivity index (χ1v) is 5.53. The van der Waals surface area contributed by atoms with Crippen LogP contribution in [0.15, 0.2) is 23.1 Å². The highest BCUT2D eigenvalue weighted by atomic mass is 32.3. The Kier molecular flexibility index (Phi) is 2.12. The molecule has 1 heterocycles. The van der Waals surface area contributed by atoms with Crippen molar-refractivity contribution in [3.8, 4) is 11.8 Å². The van der Waals surface area contributed by atoms with Gasteiger partial charge in [-0.25, -0.2) is 0 Å². The maximum Gasteiger partial charge on any atom is 0.332 e. The third-order valence-electron chi connectivity index (χ3n) is 2.13. The molecule has 0 saturated heterocycles. The van der Waals surface area contributed by atoms with Gasteiger partial charge in [-0.2, -0.15) is 13.7 Å². The van der Waals surface area contributed by atoms with Crippen LogP contribution < -0.4 is 4.74 Å². The summed E-state index contributed by atoms with van der Waals surface area (Å²) in [6, 6.07) is 5.58. The van der Waals surface area contributed by atoms with E-state index in [2.05, 4.69) is 0 Å². The van der Waals surface area contributed by atoms with Gasteiger partial charge in [0.05, 0.1) is 4.90 Å². The Hall–Kier alpha value is -1.61. The smallest absolute Gasteiger partial charge is 0.332 e. The van der Waals surface area contributed by atoms with Crippen molar-refractivity contribution in [2.24, 2.45) is 0 Å². The molecule has 0 saturated carbocycles. The second-order valence-electron chi connectivity index (χ2n) is 3.15. The van der Waals surface area contributed by atoms with Gasteiger partial charge in [0.15, 0.2) is 6.10 Å². The van der Waals surface area contributed by atoms with Crippen LogP contribution in [0.25, 0.3) is 0 Å². The van der Waals surface area contributed by atoms with E-state index in [9.17, 15) is 12.3 Å². The van der Waals surface area contributed by atoms with Crippen LogP contribution in [0.5, 0.6) is 5.75 Å². The summed E-state index contributed by atoms with van der Waals surface area (Å²) in [6.07, 6.45) is -0.326. The van der Waals surface area contributed by atoms with E-state index in [0.717, 1.165) is 6.07 Å². The van der Waals surface area contributed by atoms with E-state index in [1.54, 1.807) is 0 Å². The molecule has 0 amide bonds. The zero-order valence-electron chi connectivity index (χ0n) is 7.47. The lowest BCUT2D eigenvalue weighted by Gasteiger charge is -2.00. The molecule has 1 aliphatic heterocycles. The quantitative estimate of drug-likeness (QED) is 0.675. The van der Waals surface area contributed by atoms with Gasteiger partial charge in [-0.05, 0) is 18.2 Å². The lowest BCUT2D eigenvalue weighted by atomic mass is 10.1. The second kappa shape index (κ2) is 3.21. The highest BCUT2D eigenvalue weighted by Gasteiger charge is 2.24. The predicted molar refractivity (Wildman–Crippen MR) is 48.5 cm³/mol. The maximum absolute atomic E-state index is 12.6. The van der Waals surface area contributed by atoms with Gasteiger partial charge in [0.25, 0.3) is 0 Å². The average Bonchev–Trinajstić information content (AvgIpc) is 2.57. The molecule has 78 valence electrons. The molecule has 0 fully saturated rings. The van der Waals surface area contributed by atoms with Gasteiger partial charge in [-0.1, -0.05) is 0 Å². The number of hydrogen-bond donors (Lipinski definition) is 0. The molecule has 15 heavy (non-hydrogen) atoms. The summed E-state index contributed by atoms with van der Waals surface area (Å²) in [5.41, 5.74) is 0.542. The molecule has 4 nitrogen and oxygen atoms in total. The lowest BCUT2D eigenvalue weighted by molar-refractivity contribution is 0.290. The lowest BCUT2D eigenvalue weighted by Crippen LogP contribution is -2.08. The molecule has 0 spiro atoms. The van der Waals surface area contributed by atoms with Gasteiger partial charge in [0.2, 0.25) is 0 Å². The summed E-state index contributed by atoms with van der Waals surface area (Å²) in [5.74, 6) is 0.439. The Morgan fingerprint density at radius 2 is 2.27 bits per heavy atom. The minimum absolute atomic E-state index is 0.287. The van der Waals surface area contributed by atoms with E-state index in [1.165, 1.54) is 12.1 Å². The van der Waals surface area contributed by atoms with Crippen molar-refractivity contribution < 1.29 is 17.0 Å². The first-order chi connectivity index (χ1) is 7.00. The molecule has 0 radical (unpaired) electrons. The summed E-state index contributed by atoms with van der Waals surface area (Å²) in [6.45, 7) is 0. The number of ether oxygens (including phenoxy) is 1. The molecule has 0 bridgehead atoms. The molecule has 1 aliphatic rings. The number of nitriles is 1. The first-order valence-electron chi connectivity index (χ1n) is 4.14. The van der Waals surface area contributed by atoms with Crippen molar-refractivity contribution in [3.05, 3.63) is 23.8 Å². The predicted octanol–water partition coefficient (Wildman–Crippen LogP) is 1.17. The first kappa shape index (κ1) is 9.93. The molecule has 0 aromatic heterocycles. The fraction of sp³-hybridized carbons (Fsp3) is 0.222. The van der Waals surface area contributed by atoms with E-state index < -0.39 is 21.2 Å². The van der Waals surface area contributed by atoms with Crippen LogP contribution in [-0.4, -0.2) is 14.5 Å². The number of rotatable bonds is 1. The third-order valence-corrected chi connectivity index (χ3v) is 2.95. The van der Waals surface area contributed by atoms with Crippen LogP contribution in [0.1, 0.15) is 5.56 Å². The fourth-order valence-corrected chi connectivity index (χ4v) is 1.96. The SMILES string of the molecule is N#CC1Cc2cc(S(=O)(=O)F)ccc2O1. The largest absolute Gasteiger partial charge is 0.475 e. The standard InChI is InChI=1S/C9H6FNO3S/c10-15(12,13)8-1-2-9-6(4-8)3-7(5-11)14-9/h1-2,4,7H,3H2. The van der Waals surface area contributed by atoms with Gasteiger partial charge >= 0.3 is 10.2 Å². The van der Waals surface area contributed by atoms with Crippen LogP contribution in [0.4, 0.5) is 3.89 Å². The zero-order valence-corrected chi connectivity index (χ0v) is 8.29. The zero-order chi connectivity index (χ0) is 11.1. The minimum atomic E-state index is -4.69. The van der Waals surface area contributed by atoms with Crippen molar-refractivity contribution in [1.82, 2.24) is 0 Å². The van der Waals surface area contributed by atoms with E-state index in [1.807, 2.05) is 6.07 Å². The van der Waals surface area contributed by atoms with Gasteiger partial charge < -0.3 is 4.74 Å². The van der Waals surface area contributed by atoms with Gasteiger partial charge in [0, 0.05) is 12.0 Å². The van der Waals surface area contributed by atoms with Gasteiger partial charge in [-0.3, -0.25) is 0 Å². The molecular formula is C9H6FNO3S. The second-order valence-corrected chi connectivity index (χ2v) is 4.49. The number of hydrogen-bond acceptors (Lipinski definition) is 4. The molecule has 1 unspecified atom stereocenters. The molecule has 0 N–H and O–H groups in total. The Labute approximate surface area is 86.1 Å². The number of nitrogens with zero attached hydrogens (tertiary/aromatic N) is 1. The third kappa shape index (κ3) is 1.78. The molecule has 1 aromatic carbocycles. The van der Waals surface area contributed by atoms with Crippen LogP contribution >= 0.6 is 0 Å². The summed E-state index contributed by atoms with van der Waals surface area (Å²) in [5, 5.41) is 8.60. The Balaban J connectivity index is 2.44. The Bertz CT molecular complexity index is 547. The van der Waals surface area contributed by atoms with Gasteiger partial charge in [-0.15, -0.1) is 3.89 Å². The van der Waals surface area contributed by atoms with Crippen molar-refractivity contribution >= 4 is 10.2 Å². The summed E-state index contributed by atoms with van der Waals surface area (Å²) in [4.78, 5) is -0.400. The fourth-order valence-electron chi connectivity index (χ4n) is 1.45. The van der Waals surface area contributed by atoms with Crippen molar-refractivity contribution in [2.75, 3.05) is 0 Å². The van der Waals surface area contributed by atoms with E-state index in [4.69, 9.17) is 10.00 Å². The topological polar surface area (TPSA) is 67.2 Å². The number of halogens is 1. The molecule has 6 heteroatoms. The van der Waals surface area contributed by atoms with E-state index >= 15 is 0 Å². The number of benzene rings is 1. The normalized spacial score (nSPS) is 19.1.